The van der Waals surface area contributed by atoms with Gasteiger partial charge in [-0.3, -0.25) is 4.79 Å². The van der Waals surface area contributed by atoms with Crippen LogP contribution in [0.1, 0.15) is 51.0 Å². The molecule has 3 aromatic rings. The molecule has 7 nitrogen and oxygen atoms in total. The Hall–Kier alpha value is -3.02. The Morgan fingerprint density at radius 1 is 1.20 bits per heavy atom. The number of nitrogens with zero attached hydrogens (tertiary/aromatic N) is 3. The van der Waals surface area contributed by atoms with Gasteiger partial charge in [-0.05, 0) is 46.6 Å². The number of alkyl halides is 3. The molecule has 0 aliphatic heterocycles. The number of aryl methyl sites for hydroxylation is 1. The van der Waals surface area contributed by atoms with Crippen molar-refractivity contribution in [3.8, 4) is 0 Å². The topological polar surface area (TPSA) is 94.0 Å². The van der Waals surface area contributed by atoms with E-state index in [0.29, 0.717) is 0 Å². The first-order valence-electron chi connectivity index (χ1n) is 10.9. The summed E-state index contributed by atoms with van der Waals surface area (Å²) in [4.78, 5) is 20.3. The summed E-state index contributed by atoms with van der Waals surface area (Å²) in [5, 5.41) is 0.534. The Morgan fingerprint density at radius 2 is 1.86 bits per heavy atom. The normalized spacial score (nSPS) is 16.5. The SMILES string of the molecule is Cc1nc(N[C@H](C)c2cccc(S(=O)(=O)C(C)(C)F)c2F)c2cn(C3(C(F)F)CC3)c(=O)cc2n1. The van der Waals surface area contributed by atoms with E-state index >= 15 is 4.39 Å². The zero-order valence-electron chi connectivity index (χ0n) is 19.4. The number of pyridine rings is 1. The number of benzene rings is 1. The zero-order chi connectivity index (χ0) is 25.9. The maximum absolute atomic E-state index is 15.3. The largest absolute Gasteiger partial charge is 0.363 e. The molecule has 1 aliphatic carbocycles. The highest BCUT2D eigenvalue weighted by Gasteiger charge is 2.53. The first kappa shape index (κ1) is 25.1. The number of fused-ring (bicyclic) bond motifs is 1. The van der Waals surface area contributed by atoms with E-state index < -0.39 is 49.1 Å². The van der Waals surface area contributed by atoms with Gasteiger partial charge in [0.05, 0.1) is 16.9 Å². The molecular formula is C23H24F4N4O3S. The van der Waals surface area contributed by atoms with Crippen molar-refractivity contribution < 1.29 is 26.0 Å². The summed E-state index contributed by atoms with van der Waals surface area (Å²) in [6.07, 6.45) is -1.16. The third-order valence-corrected chi connectivity index (χ3v) is 8.40. The van der Waals surface area contributed by atoms with Gasteiger partial charge in [0.15, 0.2) is 0 Å². The van der Waals surface area contributed by atoms with Gasteiger partial charge in [-0.1, -0.05) is 12.1 Å². The number of sulfone groups is 1. The summed E-state index contributed by atoms with van der Waals surface area (Å²) in [6, 6.07) is 3.93. The number of anilines is 1. The van der Waals surface area contributed by atoms with Crippen LogP contribution in [0.3, 0.4) is 0 Å². The monoisotopic (exact) mass is 512 g/mol. The van der Waals surface area contributed by atoms with Crippen molar-refractivity contribution in [3.63, 3.8) is 0 Å². The second-order valence-corrected chi connectivity index (χ2v) is 11.6. The molecule has 0 radical (unpaired) electrons. The molecular weight excluding hydrogens is 488 g/mol. The second kappa shape index (κ2) is 8.28. The Balaban J connectivity index is 1.79. The molecule has 2 aromatic heterocycles. The number of aromatic nitrogens is 3. The lowest BCUT2D eigenvalue weighted by Gasteiger charge is -2.22. The maximum atomic E-state index is 15.3. The molecule has 4 rings (SSSR count). The van der Waals surface area contributed by atoms with Gasteiger partial charge in [0.2, 0.25) is 14.8 Å². The molecule has 2 heterocycles. The standard InChI is InChI=1S/C23H24F4N4O3S/c1-12(14-6-5-7-17(19(14)24)35(33,34)22(3,4)27)28-20-15-11-31(23(8-9-23)21(25)26)18(32)10-16(15)29-13(2)30-20/h5-7,10-12,21H,8-9H2,1-4H3,(H,28,29,30)/t12-/m1/s1. The van der Waals surface area contributed by atoms with Gasteiger partial charge in [0, 0.05) is 17.8 Å². The summed E-state index contributed by atoms with van der Waals surface area (Å²) in [5.74, 6) is -0.688. The molecule has 1 atom stereocenters. The quantitative estimate of drug-likeness (QED) is 0.464. The summed E-state index contributed by atoms with van der Waals surface area (Å²) in [7, 11) is -4.61. The molecule has 1 fully saturated rings. The molecule has 1 aromatic carbocycles. The van der Waals surface area contributed by atoms with E-state index in [9.17, 15) is 26.4 Å². The van der Waals surface area contributed by atoms with Crippen molar-refractivity contribution in [3.05, 3.63) is 58.0 Å². The number of halogens is 4. The summed E-state index contributed by atoms with van der Waals surface area (Å²) >= 11 is 0. The van der Waals surface area contributed by atoms with Crippen LogP contribution in [0, 0.1) is 12.7 Å². The molecule has 12 heteroatoms. The average molecular weight is 513 g/mol. The molecule has 35 heavy (non-hydrogen) atoms. The van der Waals surface area contributed by atoms with E-state index in [1.807, 2.05) is 0 Å². The van der Waals surface area contributed by atoms with Gasteiger partial charge in [-0.25, -0.2) is 35.9 Å². The molecule has 188 valence electrons. The molecule has 0 amide bonds. The number of rotatable bonds is 7. The van der Waals surface area contributed by atoms with E-state index in [2.05, 4.69) is 15.3 Å². The van der Waals surface area contributed by atoms with Crippen LogP contribution in [0.4, 0.5) is 23.4 Å². The van der Waals surface area contributed by atoms with Crippen molar-refractivity contribution in [2.24, 2.45) is 0 Å². The predicted octanol–water partition coefficient (Wildman–Crippen LogP) is 4.65. The summed E-state index contributed by atoms with van der Waals surface area (Å²) < 4.78 is 82.9. The van der Waals surface area contributed by atoms with Crippen LogP contribution in [0.25, 0.3) is 10.9 Å². The molecule has 0 bridgehead atoms. The molecule has 1 saturated carbocycles. The van der Waals surface area contributed by atoms with Gasteiger partial charge in [-0.2, -0.15) is 0 Å². The fourth-order valence-corrected chi connectivity index (χ4v) is 5.12. The van der Waals surface area contributed by atoms with Crippen molar-refractivity contribution in [1.29, 1.82) is 0 Å². The van der Waals surface area contributed by atoms with E-state index in [-0.39, 0.29) is 41.0 Å². The third kappa shape index (κ3) is 4.17. The zero-order valence-corrected chi connectivity index (χ0v) is 20.3. The average Bonchev–Trinajstić information content (AvgIpc) is 3.54. The van der Waals surface area contributed by atoms with Crippen molar-refractivity contribution >= 4 is 26.6 Å². The Labute approximate surface area is 199 Å². The van der Waals surface area contributed by atoms with Crippen LogP contribution in [-0.2, 0) is 15.4 Å². The van der Waals surface area contributed by atoms with Gasteiger partial charge >= 0.3 is 0 Å². The van der Waals surface area contributed by atoms with Gasteiger partial charge in [0.25, 0.3) is 12.0 Å². The minimum absolute atomic E-state index is 0.0701. The first-order chi connectivity index (χ1) is 16.2. The lowest BCUT2D eigenvalue weighted by Crippen LogP contribution is -2.35. The van der Waals surface area contributed by atoms with Crippen LogP contribution in [0.5, 0.6) is 0 Å². The van der Waals surface area contributed by atoms with Crippen LogP contribution in [0.2, 0.25) is 0 Å². The lowest BCUT2D eigenvalue weighted by molar-refractivity contribution is 0.0654. The van der Waals surface area contributed by atoms with Gasteiger partial charge < -0.3 is 9.88 Å². The van der Waals surface area contributed by atoms with Crippen LogP contribution in [-0.4, -0.2) is 34.4 Å². The van der Waals surface area contributed by atoms with Crippen molar-refractivity contribution in [2.75, 3.05) is 5.32 Å². The first-order valence-corrected chi connectivity index (χ1v) is 12.4. The smallest absolute Gasteiger partial charge is 0.261 e. The third-order valence-electron chi connectivity index (χ3n) is 6.23. The summed E-state index contributed by atoms with van der Waals surface area (Å²) in [5.41, 5.74) is -2.05. The van der Waals surface area contributed by atoms with E-state index in [0.717, 1.165) is 30.5 Å². The Kier molecular flexibility index (Phi) is 5.94. The minimum Gasteiger partial charge on any atom is -0.363 e. The highest BCUT2D eigenvalue weighted by molar-refractivity contribution is 7.92. The fourth-order valence-electron chi connectivity index (χ4n) is 3.98. The Morgan fingerprint density at radius 3 is 2.43 bits per heavy atom. The van der Waals surface area contributed by atoms with Crippen molar-refractivity contribution in [2.45, 2.75) is 68.4 Å². The predicted molar refractivity (Wildman–Crippen MR) is 123 cm³/mol. The highest BCUT2D eigenvalue weighted by Crippen LogP contribution is 2.48. The molecule has 1 aliphatic rings. The molecule has 0 unspecified atom stereocenters. The minimum atomic E-state index is -4.61. The lowest BCUT2D eigenvalue weighted by atomic mass is 10.1. The second-order valence-electron chi connectivity index (χ2n) is 9.20. The number of nitrogens with one attached hydrogen (secondary N) is 1. The van der Waals surface area contributed by atoms with E-state index in [1.165, 1.54) is 25.3 Å². The Bertz CT molecular complexity index is 1480. The number of hydrogen-bond acceptors (Lipinski definition) is 6. The van der Waals surface area contributed by atoms with Crippen LogP contribution >= 0.6 is 0 Å². The number of hydrogen-bond donors (Lipinski definition) is 1. The molecule has 0 saturated heterocycles. The summed E-state index contributed by atoms with van der Waals surface area (Å²) in [6.45, 7) is 4.77. The maximum Gasteiger partial charge on any atom is 0.261 e. The van der Waals surface area contributed by atoms with Crippen LogP contribution < -0.4 is 10.9 Å². The van der Waals surface area contributed by atoms with Crippen molar-refractivity contribution in [1.82, 2.24) is 14.5 Å². The fraction of sp³-hybridized carbons (Fsp3) is 0.435. The van der Waals surface area contributed by atoms with Crippen LogP contribution in [0.15, 0.2) is 40.2 Å². The highest BCUT2D eigenvalue weighted by atomic mass is 32.2. The molecule has 1 N–H and O–H groups in total. The van der Waals surface area contributed by atoms with E-state index in [4.69, 9.17) is 0 Å². The van der Waals surface area contributed by atoms with E-state index in [1.54, 1.807) is 6.92 Å². The van der Waals surface area contributed by atoms with Gasteiger partial charge in [-0.15, -0.1) is 0 Å². The van der Waals surface area contributed by atoms with Gasteiger partial charge in [0.1, 0.15) is 27.9 Å². The molecule has 0 spiro atoms.